The smallest absolute Gasteiger partial charge is 0.272 e. The molecule has 0 spiro atoms. The van der Waals surface area contributed by atoms with Crippen molar-refractivity contribution >= 4 is 11.6 Å². The van der Waals surface area contributed by atoms with Crippen molar-refractivity contribution in [1.82, 2.24) is 14.7 Å². The number of benzene rings is 3. The van der Waals surface area contributed by atoms with Gasteiger partial charge >= 0.3 is 0 Å². The maximum absolute atomic E-state index is 14.5. The SMILES string of the molecule is O=C(c1cc(-c2ccccc2F)nn1-c1ccc([N+](=O)[O-])cc1)N1CCc2ccccc2C1. The van der Waals surface area contributed by atoms with Gasteiger partial charge in [0.1, 0.15) is 11.5 Å². The summed E-state index contributed by atoms with van der Waals surface area (Å²) in [5.41, 5.74) is 3.57. The molecule has 0 N–H and O–H groups in total. The highest BCUT2D eigenvalue weighted by Gasteiger charge is 2.26. The molecule has 2 heterocycles. The minimum Gasteiger partial charge on any atom is -0.333 e. The first-order chi connectivity index (χ1) is 16.0. The minimum absolute atomic E-state index is 0.0688. The number of amides is 1. The largest absolute Gasteiger partial charge is 0.333 e. The summed E-state index contributed by atoms with van der Waals surface area (Å²) in [6, 6.07) is 21.6. The third-order valence-corrected chi connectivity index (χ3v) is 5.80. The first kappa shape index (κ1) is 20.6. The Morgan fingerprint density at radius 2 is 1.67 bits per heavy atom. The van der Waals surface area contributed by atoms with Crippen LogP contribution in [0, 0.1) is 15.9 Å². The van der Waals surface area contributed by atoms with E-state index in [-0.39, 0.29) is 22.9 Å². The summed E-state index contributed by atoms with van der Waals surface area (Å²) in [6.07, 6.45) is 0.744. The summed E-state index contributed by atoms with van der Waals surface area (Å²) >= 11 is 0. The zero-order chi connectivity index (χ0) is 22.9. The Hall–Kier alpha value is -4.33. The molecule has 1 aliphatic heterocycles. The van der Waals surface area contributed by atoms with Crippen molar-refractivity contribution in [2.75, 3.05) is 6.54 Å². The average Bonchev–Trinajstić information content (AvgIpc) is 3.29. The topological polar surface area (TPSA) is 81.3 Å². The summed E-state index contributed by atoms with van der Waals surface area (Å²) in [4.78, 5) is 25.9. The molecule has 0 fully saturated rings. The van der Waals surface area contributed by atoms with Gasteiger partial charge in [-0.3, -0.25) is 14.9 Å². The van der Waals surface area contributed by atoms with Crippen LogP contribution < -0.4 is 0 Å². The second kappa shape index (κ2) is 8.31. The summed E-state index contributed by atoms with van der Waals surface area (Å²) in [5.74, 6) is -0.685. The Morgan fingerprint density at radius 3 is 2.39 bits per heavy atom. The van der Waals surface area contributed by atoms with Crippen LogP contribution in [0.5, 0.6) is 0 Å². The van der Waals surface area contributed by atoms with E-state index in [2.05, 4.69) is 11.2 Å². The number of halogens is 1. The van der Waals surface area contributed by atoms with Crippen molar-refractivity contribution in [2.24, 2.45) is 0 Å². The molecule has 0 bridgehead atoms. The van der Waals surface area contributed by atoms with Gasteiger partial charge in [0.2, 0.25) is 0 Å². The van der Waals surface area contributed by atoms with Gasteiger partial charge in [0, 0.05) is 30.8 Å². The number of non-ortho nitro benzene ring substituents is 1. The molecule has 0 aliphatic carbocycles. The highest BCUT2D eigenvalue weighted by atomic mass is 19.1. The second-order valence-electron chi connectivity index (χ2n) is 7.83. The summed E-state index contributed by atoms with van der Waals surface area (Å²) < 4.78 is 15.9. The molecule has 7 nitrogen and oxygen atoms in total. The molecule has 1 amide bonds. The van der Waals surface area contributed by atoms with Crippen LogP contribution in [0.4, 0.5) is 10.1 Å². The number of aromatic nitrogens is 2. The van der Waals surface area contributed by atoms with Crippen LogP contribution in [0.1, 0.15) is 21.6 Å². The van der Waals surface area contributed by atoms with E-state index in [1.807, 2.05) is 18.2 Å². The maximum Gasteiger partial charge on any atom is 0.272 e. The molecular weight excluding hydrogens is 423 g/mol. The van der Waals surface area contributed by atoms with Gasteiger partial charge in [-0.25, -0.2) is 9.07 Å². The van der Waals surface area contributed by atoms with Crippen molar-refractivity contribution in [1.29, 1.82) is 0 Å². The molecule has 5 rings (SSSR count). The van der Waals surface area contributed by atoms with Gasteiger partial charge in [-0.15, -0.1) is 0 Å². The molecule has 8 heteroatoms. The lowest BCUT2D eigenvalue weighted by molar-refractivity contribution is -0.384. The van der Waals surface area contributed by atoms with Gasteiger partial charge in [-0.1, -0.05) is 36.4 Å². The van der Waals surface area contributed by atoms with Crippen molar-refractivity contribution in [3.8, 4) is 16.9 Å². The van der Waals surface area contributed by atoms with Crippen LogP contribution in [0.25, 0.3) is 16.9 Å². The highest BCUT2D eigenvalue weighted by Crippen LogP contribution is 2.27. The van der Waals surface area contributed by atoms with Gasteiger partial charge in [0.05, 0.1) is 16.3 Å². The first-order valence-electron chi connectivity index (χ1n) is 10.5. The van der Waals surface area contributed by atoms with E-state index in [9.17, 15) is 19.3 Å². The van der Waals surface area contributed by atoms with E-state index in [0.29, 0.717) is 24.5 Å². The summed E-state index contributed by atoms with van der Waals surface area (Å²) in [6.45, 7) is 1.02. The fraction of sp³-hybridized carbons (Fsp3) is 0.120. The molecule has 164 valence electrons. The number of nitro groups is 1. The van der Waals surface area contributed by atoms with E-state index in [1.54, 1.807) is 29.2 Å². The molecule has 0 unspecified atom stereocenters. The van der Waals surface area contributed by atoms with E-state index < -0.39 is 10.7 Å². The van der Waals surface area contributed by atoms with Crippen molar-refractivity contribution in [3.05, 3.63) is 112 Å². The zero-order valence-corrected chi connectivity index (χ0v) is 17.5. The number of hydrogen-bond acceptors (Lipinski definition) is 4. The quantitative estimate of drug-likeness (QED) is 0.336. The van der Waals surface area contributed by atoms with E-state index in [1.165, 1.54) is 40.6 Å². The van der Waals surface area contributed by atoms with Crippen molar-refractivity contribution in [2.45, 2.75) is 13.0 Å². The number of nitrogens with zero attached hydrogens (tertiary/aromatic N) is 4. The average molecular weight is 442 g/mol. The molecule has 4 aromatic rings. The van der Waals surface area contributed by atoms with Crippen molar-refractivity contribution < 1.29 is 14.1 Å². The molecule has 1 aliphatic rings. The fourth-order valence-electron chi connectivity index (χ4n) is 4.08. The number of nitro benzene ring substituents is 1. The first-order valence-corrected chi connectivity index (χ1v) is 10.5. The molecule has 1 aromatic heterocycles. The summed E-state index contributed by atoms with van der Waals surface area (Å²) in [5, 5.41) is 15.5. The third-order valence-electron chi connectivity index (χ3n) is 5.80. The Labute approximate surface area is 188 Å². The van der Waals surface area contributed by atoms with Crippen LogP contribution in [0.3, 0.4) is 0 Å². The maximum atomic E-state index is 14.5. The minimum atomic E-state index is -0.491. The fourth-order valence-corrected chi connectivity index (χ4v) is 4.08. The molecule has 0 saturated carbocycles. The number of hydrogen-bond donors (Lipinski definition) is 0. The predicted molar refractivity (Wildman–Crippen MR) is 120 cm³/mol. The van der Waals surface area contributed by atoms with Gasteiger partial charge in [-0.05, 0) is 47.9 Å². The van der Waals surface area contributed by atoms with E-state index in [0.717, 1.165) is 12.0 Å². The zero-order valence-electron chi connectivity index (χ0n) is 17.5. The monoisotopic (exact) mass is 442 g/mol. The standard InChI is InChI=1S/C25H19FN4O3/c26-22-8-4-3-7-21(22)23-15-24(29(27-23)19-9-11-20(12-10-19)30(32)33)25(31)28-14-13-17-5-1-2-6-18(17)16-28/h1-12,15H,13-14,16H2. The normalized spacial score (nSPS) is 12.9. The van der Waals surface area contributed by atoms with Gasteiger partial charge in [0.25, 0.3) is 11.6 Å². The number of fused-ring (bicyclic) bond motifs is 1. The molecule has 33 heavy (non-hydrogen) atoms. The van der Waals surface area contributed by atoms with Gasteiger partial charge < -0.3 is 4.90 Å². The Bertz CT molecular complexity index is 1360. The Kier molecular flexibility index (Phi) is 5.18. The van der Waals surface area contributed by atoms with Gasteiger partial charge in [0.15, 0.2) is 0 Å². The molecule has 0 radical (unpaired) electrons. The van der Waals surface area contributed by atoms with Crippen molar-refractivity contribution in [3.63, 3.8) is 0 Å². The van der Waals surface area contributed by atoms with E-state index in [4.69, 9.17) is 0 Å². The lowest BCUT2D eigenvalue weighted by Gasteiger charge is -2.29. The highest BCUT2D eigenvalue weighted by molar-refractivity contribution is 5.94. The lowest BCUT2D eigenvalue weighted by Crippen LogP contribution is -2.37. The number of carbonyl (C=O) groups excluding carboxylic acids is 1. The molecule has 0 atom stereocenters. The predicted octanol–water partition coefficient (Wildman–Crippen LogP) is 4.79. The molecular formula is C25H19FN4O3. The van der Waals surface area contributed by atoms with Crippen LogP contribution in [-0.2, 0) is 13.0 Å². The van der Waals surface area contributed by atoms with Crippen LogP contribution in [0.2, 0.25) is 0 Å². The summed E-state index contributed by atoms with van der Waals surface area (Å²) in [7, 11) is 0. The third kappa shape index (κ3) is 3.87. The Morgan fingerprint density at radius 1 is 0.970 bits per heavy atom. The molecule has 3 aromatic carbocycles. The lowest BCUT2D eigenvalue weighted by atomic mass is 9.99. The second-order valence-corrected chi connectivity index (χ2v) is 7.83. The number of carbonyl (C=O) groups is 1. The van der Waals surface area contributed by atoms with E-state index >= 15 is 0 Å². The van der Waals surface area contributed by atoms with Crippen LogP contribution in [0.15, 0.2) is 78.9 Å². The van der Waals surface area contributed by atoms with Crippen LogP contribution >= 0.6 is 0 Å². The molecule has 0 saturated heterocycles. The number of rotatable bonds is 4. The Balaban J connectivity index is 1.57. The van der Waals surface area contributed by atoms with Crippen LogP contribution in [-0.4, -0.2) is 32.1 Å². The van der Waals surface area contributed by atoms with Gasteiger partial charge in [-0.2, -0.15) is 5.10 Å².